The van der Waals surface area contributed by atoms with Crippen LogP contribution in [-0.2, 0) is 0 Å². The lowest BCUT2D eigenvalue weighted by Gasteiger charge is -2.17. The Kier molecular flexibility index (Phi) is 1.69. The Hall–Kier alpha value is -0.0400. The number of nitrogens with one attached hydrogen (secondary N) is 1. The van der Waals surface area contributed by atoms with Gasteiger partial charge < -0.3 is 5.32 Å². The zero-order valence-electron chi connectivity index (χ0n) is 4.91. The van der Waals surface area contributed by atoms with Crippen LogP contribution in [-0.4, -0.2) is 13.1 Å². The van der Waals surface area contributed by atoms with Gasteiger partial charge in [-0.2, -0.15) is 0 Å². The Morgan fingerprint density at radius 3 is 2.86 bits per heavy atom. The molecule has 44 valence electrons. The zero-order chi connectivity index (χ0) is 5.11. The second-order valence-electron chi connectivity index (χ2n) is 2.45. The maximum Gasteiger partial charge on any atom is 0 e. The normalized spacial score (nSPS) is 33.0. The van der Waals surface area contributed by atoms with Gasteiger partial charge in [0.25, 0.3) is 0 Å². The third-order valence-corrected chi connectivity index (χ3v) is 1.54. The average Bonchev–Trinajstić information content (AvgIpc) is 1.69. The van der Waals surface area contributed by atoms with Crippen LogP contribution in [0.1, 0.15) is 21.2 Å². The number of piperidine rings is 1. The molecule has 0 spiro atoms. The second kappa shape index (κ2) is 2.31. The number of hydrogen-bond acceptors (Lipinski definition) is 1. The molecule has 1 heterocycles. The second-order valence-corrected chi connectivity index (χ2v) is 2.45. The lowest BCUT2D eigenvalue weighted by molar-refractivity contribution is 0.405. The van der Waals surface area contributed by atoms with E-state index < -0.39 is 0 Å². The highest BCUT2D eigenvalue weighted by molar-refractivity contribution is 4.63. The average molecular weight is 101 g/mol. The molecule has 0 aromatic heterocycles. The molecule has 1 aliphatic rings. The van der Waals surface area contributed by atoms with E-state index in [1.165, 1.54) is 25.9 Å². The summed E-state index contributed by atoms with van der Waals surface area (Å²) in [7, 11) is 0. The molecular formula is C6H15N. The fraction of sp³-hybridized carbons (Fsp3) is 1.00. The number of hydrogen-bond donors (Lipinski definition) is 1. The first kappa shape index (κ1) is 5.10. The van der Waals surface area contributed by atoms with E-state index in [0.29, 0.717) is 0 Å². The van der Waals surface area contributed by atoms with Crippen LogP contribution in [0.25, 0.3) is 0 Å². The molecule has 0 unspecified atom stereocenters. The minimum absolute atomic E-state index is 0. The van der Waals surface area contributed by atoms with Gasteiger partial charge in [-0.05, 0) is 31.8 Å². The Labute approximate surface area is 46.6 Å². The van der Waals surface area contributed by atoms with Crippen LogP contribution in [0.15, 0.2) is 0 Å². The van der Waals surface area contributed by atoms with Crippen molar-refractivity contribution in [1.29, 1.82) is 0 Å². The van der Waals surface area contributed by atoms with E-state index in [4.69, 9.17) is 0 Å². The molecule has 1 fully saturated rings. The van der Waals surface area contributed by atoms with Gasteiger partial charge in [0, 0.05) is 1.43 Å². The Morgan fingerprint density at radius 2 is 2.57 bits per heavy atom. The van der Waals surface area contributed by atoms with Gasteiger partial charge in [-0.15, -0.1) is 0 Å². The molecule has 1 aliphatic heterocycles. The summed E-state index contributed by atoms with van der Waals surface area (Å²) in [5.74, 6) is 0.925. The van der Waals surface area contributed by atoms with E-state index in [1.54, 1.807) is 0 Å². The lowest BCUT2D eigenvalue weighted by atomic mass is 10.0. The van der Waals surface area contributed by atoms with Gasteiger partial charge in [0.15, 0.2) is 0 Å². The molecule has 0 aromatic rings. The fourth-order valence-electron chi connectivity index (χ4n) is 1.03. The van der Waals surface area contributed by atoms with E-state index >= 15 is 0 Å². The van der Waals surface area contributed by atoms with E-state index in [0.717, 1.165) is 5.92 Å². The third-order valence-electron chi connectivity index (χ3n) is 1.54. The molecule has 0 amide bonds. The van der Waals surface area contributed by atoms with Crippen LogP contribution in [0.2, 0.25) is 0 Å². The molecule has 1 rings (SSSR count). The van der Waals surface area contributed by atoms with Crippen molar-refractivity contribution in [3.05, 3.63) is 0 Å². The molecule has 1 N–H and O–H groups in total. The minimum Gasteiger partial charge on any atom is -0.316 e. The van der Waals surface area contributed by atoms with Crippen molar-refractivity contribution in [3.63, 3.8) is 0 Å². The summed E-state index contributed by atoms with van der Waals surface area (Å²) in [5, 5.41) is 3.33. The highest BCUT2D eigenvalue weighted by Crippen LogP contribution is 2.06. The molecule has 1 saturated heterocycles. The summed E-state index contributed by atoms with van der Waals surface area (Å²) in [4.78, 5) is 0. The summed E-state index contributed by atoms with van der Waals surface area (Å²) in [6, 6.07) is 0. The minimum atomic E-state index is 0. The molecule has 0 saturated carbocycles. The van der Waals surface area contributed by atoms with Gasteiger partial charge in [0.1, 0.15) is 0 Å². The maximum atomic E-state index is 3.33. The smallest absolute Gasteiger partial charge is 0 e. The molecular weight excluding hydrogens is 86.1 g/mol. The summed E-state index contributed by atoms with van der Waals surface area (Å²) >= 11 is 0. The van der Waals surface area contributed by atoms with E-state index in [1.807, 2.05) is 0 Å². The highest BCUT2D eigenvalue weighted by atomic mass is 14.9. The maximum absolute atomic E-state index is 3.33. The van der Waals surface area contributed by atoms with E-state index in [-0.39, 0.29) is 1.43 Å². The SMILES string of the molecule is C[C@H]1CCCNC1.[HH]. The number of rotatable bonds is 0. The first-order chi connectivity index (χ1) is 3.39. The van der Waals surface area contributed by atoms with Crippen molar-refractivity contribution in [2.75, 3.05) is 13.1 Å². The van der Waals surface area contributed by atoms with Gasteiger partial charge in [-0.1, -0.05) is 6.92 Å². The largest absolute Gasteiger partial charge is 0.316 e. The van der Waals surface area contributed by atoms with Crippen molar-refractivity contribution in [2.24, 2.45) is 5.92 Å². The van der Waals surface area contributed by atoms with Crippen molar-refractivity contribution < 1.29 is 1.43 Å². The Morgan fingerprint density at radius 1 is 1.71 bits per heavy atom. The molecule has 0 bridgehead atoms. The van der Waals surface area contributed by atoms with Crippen LogP contribution in [0.5, 0.6) is 0 Å². The molecule has 0 aliphatic carbocycles. The molecule has 1 nitrogen and oxygen atoms in total. The van der Waals surface area contributed by atoms with Gasteiger partial charge in [0.05, 0.1) is 0 Å². The van der Waals surface area contributed by atoms with Crippen molar-refractivity contribution in [1.82, 2.24) is 5.32 Å². The van der Waals surface area contributed by atoms with Crippen LogP contribution < -0.4 is 5.32 Å². The Balaban J connectivity index is 0.000000490. The summed E-state index contributed by atoms with van der Waals surface area (Å²) in [6.07, 6.45) is 2.80. The predicted octanol–water partition coefficient (Wildman–Crippen LogP) is 1.25. The van der Waals surface area contributed by atoms with Crippen molar-refractivity contribution >= 4 is 0 Å². The van der Waals surface area contributed by atoms with Gasteiger partial charge in [0.2, 0.25) is 0 Å². The molecule has 1 atom stereocenters. The molecule has 0 radical (unpaired) electrons. The van der Waals surface area contributed by atoms with Crippen LogP contribution in [0.4, 0.5) is 0 Å². The van der Waals surface area contributed by atoms with Gasteiger partial charge >= 0.3 is 0 Å². The fourth-order valence-corrected chi connectivity index (χ4v) is 1.03. The van der Waals surface area contributed by atoms with E-state index in [9.17, 15) is 0 Å². The van der Waals surface area contributed by atoms with E-state index in [2.05, 4.69) is 12.2 Å². The lowest BCUT2D eigenvalue weighted by Crippen LogP contribution is -2.27. The zero-order valence-corrected chi connectivity index (χ0v) is 4.91. The van der Waals surface area contributed by atoms with Gasteiger partial charge in [-0.25, -0.2) is 0 Å². The Bertz CT molecular complexity index is 50.5. The quantitative estimate of drug-likeness (QED) is 0.484. The topological polar surface area (TPSA) is 12.0 Å². The first-order valence-electron chi connectivity index (χ1n) is 3.10. The summed E-state index contributed by atoms with van der Waals surface area (Å²) in [5.41, 5.74) is 0. The standard InChI is InChI=1S/C6H13N.H2/c1-6-3-2-4-7-5-6;/h6-7H,2-5H2,1H3;1H/t6-;/m0./s1. The predicted molar refractivity (Wildman–Crippen MR) is 33.4 cm³/mol. The van der Waals surface area contributed by atoms with Crippen LogP contribution >= 0.6 is 0 Å². The van der Waals surface area contributed by atoms with Gasteiger partial charge in [-0.3, -0.25) is 0 Å². The molecule has 1 heteroatoms. The van der Waals surface area contributed by atoms with Crippen LogP contribution in [0.3, 0.4) is 0 Å². The van der Waals surface area contributed by atoms with Crippen LogP contribution in [0, 0.1) is 5.92 Å². The summed E-state index contributed by atoms with van der Waals surface area (Å²) < 4.78 is 0. The highest BCUT2D eigenvalue weighted by Gasteiger charge is 2.04. The van der Waals surface area contributed by atoms with Crippen molar-refractivity contribution in [3.8, 4) is 0 Å². The van der Waals surface area contributed by atoms with Crippen molar-refractivity contribution in [2.45, 2.75) is 19.8 Å². The molecule has 0 aromatic carbocycles. The molecule has 7 heavy (non-hydrogen) atoms. The monoisotopic (exact) mass is 101 g/mol. The summed E-state index contributed by atoms with van der Waals surface area (Å²) in [6.45, 7) is 4.77. The third kappa shape index (κ3) is 1.48. The first-order valence-corrected chi connectivity index (χ1v) is 3.10.